The number of hydrogen-bond acceptors (Lipinski definition) is 3. The molecule has 3 rings (SSSR count). The molecule has 1 amide bonds. The zero-order valence-electron chi connectivity index (χ0n) is 11.4. The Morgan fingerprint density at radius 3 is 2.48 bits per heavy atom. The Hall–Kier alpha value is -2.95. The lowest BCUT2D eigenvalue weighted by Crippen LogP contribution is -2.11. The van der Waals surface area contributed by atoms with E-state index >= 15 is 0 Å². The number of carbonyl (C=O) groups is 2. The Bertz CT molecular complexity index is 819. The molecular weight excluding hydrogens is 266 g/mol. The lowest BCUT2D eigenvalue weighted by molar-refractivity contribution is 0.101. The lowest BCUT2D eigenvalue weighted by atomic mass is 10.1. The lowest BCUT2D eigenvalue weighted by Gasteiger charge is -2.06. The van der Waals surface area contributed by atoms with Gasteiger partial charge in [0.15, 0.2) is 5.78 Å². The van der Waals surface area contributed by atoms with E-state index in [0.29, 0.717) is 16.8 Å². The third-order valence-corrected chi connectivity index (χ3v) is 3.23. The van der Waals surface area contributed by atoms with Crippen molar-refractivity contribution >= 4 is 28.4 Å². The molecule has 0 aliphatic heterocycles. The van der Waals surface area contributed by atoms with Crippen molar-refractivity contribution in [3.05, 3.63) is 59.9 Å². The summed E-state index contributed by atoms with van der Waals surface area (Å²) >= 11 is 0. The summed E-state index contributed by atoms with van der Waals surface area (Å²) in [5.41, 5.74) is 3.44. The number of hydrogen-bond donors (Lipinski definition) is 2. The fourth-order valence-corrected chi connectivity index (χ4v) is 2.07. The van der Waals surface area contributed by atoms with Gasteiger partial charge in [0, 0.05) is 16.8 Å². The van der Waals surface area contributed by atoms with Crippen LogP contribution < -0.4 is 5.32 Å². The van der Waals surface area contributed by atoms with Crippen molar-refractivity contribution in [3.63, 3.8) is 0 Å². The summed E-state index contributed by atoms with van der Waals surface area (Å²) in [5.74, 6) is -0.209. The number of aromatic amines is 1. The van der Waals surface area contributed by atoms with Crippen LogP contribution in [0.4, 0.5) is 5.69 Å². The number of carbonyl (C=O) groups excluding carboxylic acids is 2. The minimum atomic E-state index is -0.206. The van der Waals surface area contributed by atoms with E-state index in [1.807, 2.05) is 0 Å². The van der Waals surface area contributed by atoms with Gasteiger partial charge in [-0.2, -0.15) is 0 Å². The maximum atomic E-state index is 12.2. The molecule has 104 valence electrons. The Kier molecular flexibility index (Phi) is 3.23. The van der Waals surface area contributed by atoms with Crippen molar-refractivity contribution in [1.82, 2.24) is 9.97 Å². The largest absolute Gasteiger partial charge is 0.345 e. The van der Waals surface area contributed by atoms with Crippen molar-refractivity contribution < 1.29 is 9.59 Å². The van der Waals surface area contributed by atoms with E-state index in [9.17, 15) is 9.59 Å². The van der Waals surface area contributed by atoms with Crippen LogP contribution in [0.1, 0.15) is 27.6 Å². The summed E-state index contributed by atoms with van der Waals surface area (Å²) in [6.45, 7) is 1.51. The Morgan fingerprint density at radius 2 is 1.76 bits per heavy atom. The summed E-state index contributed by atoms with van der Waals surface area (Å²) < 4.78 is 0. The number of benzene rings is 2. The standard InChI is InChI=1S/C16H13N3O2/c1-10(20)11-2-5-13(6-3-11)19-16(21)12-4-7-14-15(8-12)18-9-17-14/h2-9H,1H3,(H,17,18)(H,19,21). The Labute approximate surface area is 121 Å². The summed E-state index contributed by atoms with van der Waals surface area (Å²) in [5, 5.41) is 2.80. The monoisotopic (exact) mass is 279 g/mol. The maximum absolute atomic E-state index is 12.2. The zero-order valence-corrected chi connectivity index (χ0v) is 11.4. The predicted octanol–water partition coefficient (Wildman–Crippen LogP) is 3.02. The molecule has 1 aromatic heterocycles. The van der Waals surface area contributed by atoms with Crippen LogP contribution in [-0.2, 0) is 0 Å². The van der Waals surface area contributed by atoms with Gasteiger partial charge in [-0.25, -0.2) is 4.98 Å². The van der Waals surface area contributed by atoms with Gasteiger partial charge >= 0.3 is 0 Å². The summed E-state index contributed by atoms with van der Waals surface area (Å²) in [4.78, 5) is 30.5. The Morgan fingerprint density at radius 1 is 1.05 bits per heavy atom. The van der Waals surface area contributed by atoms with Gasteiger partial charge < -0.3 is 10.3 Å². The average molecular weight is 279 g/mol. The van der Waals surface area contributed by atoms with Gasteiger partial charge in [0.1, 0.15) is 0 Å². The second kappa shape index (κ2) is 5.20. The molecule has 0 saturated carbocycles. The summed E-state index contributed by atoms with van der Waals surface area (Å²) in [6.07, 6.45) is 1.59. The second-order valence-electron chi connectivity index (χ2n) is 4.72. The molecule has 0 aliphatic rings. The highest BCUT2D eigenvalue weighted by Gasteiger charge is 2.08. The van der Waals surface area contributed by atoms with Crippen LogP contribution in [0, 0.1) is 0 Å². The highest BCUT2D eigenvalue weighted by molar-refractivity contribution is 6.06. The minimum absolute atomic E-state index is 0.00225. The van der Waals surface area contributed by atoms with E-state index in [2.05, 4.69) is 15.3 Å². The molecule has 3 aromatic rings. The van der Waals surface area contributed by atoms with Crippen molar-refractivity contribution in [2.75, 3.05) is 5.32 Å². The predicted molar refractivity (Wildman–Crippen MR) is 80.5 cm³/mol. The fraction of sp³-hybridized carbons (Fsp3) is 0.0625. The minimum Gasteiger partial charge on any atom is -0.345 e. The molecule has 5 nitrogen and oxygen atoms in total. The molecule has 1 heterocycles. The van der Waals surface area contributed by atoms with Crippen LogP contribution in [-0.4, -0.2) is 21.7 Å². The van der Waals surface area contributed by atoms with Gasteiger partial charge in [-0.15, -0.1) is 0 Å². The van der Waals surface area contributed by atoms with E-state index in [-0.39, 0.29) is 11.7 Å². The first-order valence-electron chi connectivity index (χ1n) is 6.49. The molecule has 0 aliphatic carbocycles. The number of amides is 1. The van der Waals surface area contributed by atoms with Gasteiger partial charge in [-0.1, -0.05) is 0 Å². The number of aromatic nitrogens is 2. The van der Waals surface area contributed by atoms with E-state index in [0.717, 1.165) is 11.0 Å². The van der Waals surface area contributed by atoms with Crippen molar-refractivity contribution in [2.24, 2.45) is 0 Å². The molecule has 2 aromatic carbocycles. The number of ketones is 1. The molecule has 0 bridgehead atoms. The van der Waals surface area contributed by atoms with Gasteiger partial charge in [-0.3, -0.25) is 9.59 Å². The van der Waals surface area contributed by atoms with Crippen LogP contribution in [0.25, 0.3) is 11.0 Å². The second-order valence-corrected chi connectivity index (χ2v) is 4.72. The van der Waals surface area contributed by atoms with Crippen molar-refractivity contribution in [3.8, 4) is 0 Å². The number of imidazole rings is 1. The fourth-order valence-electron chi connectivity index (χ4n) is 2.07. The molecule has 0 radical (unpaired) electrons. The van der Waals surface area contributed by atoms with Gasteiger partial charge in [-0.05, 0) is 49.4 Å². The number of nitrogens with zero attached hydrogens (tertiary/aromatic N) is 1. The topological polar surface area (TPSA) is 74.8 Å². The highest BCUT2D eigenvalue weighted by Crippen LogP contribution is 2.15. The van der Waals surface area contributed by atoms with Crippen LogP contribution in [0.15, 0.2) is 48.8 Å². The quantitative estimate of drug-likeness (QED) is 0.724. The SMILES string of the molecule is CC(=O)c1ccc(NC(=O)c2ccc3nc[nH]c3c2)cc1. The molecule has 5 heteroatoms. The van der Waals surface area contributed by atoms with Crippen molar-refractivity contribution in [2.45, 2.75) is 6.92 Å². The first-order chi connectivity index (χ1) is 10.1. The summed E-state index contributed by atoms with van der Waals surface area (Å²) in [6, 6.07) is 12.1. The van der Waals surface area contributed by atoms with Crippen molar-refractivity contribution in [1.29, 1.82) is 0 Å². The first-order valence-corrected chi connectivity index (χ1v) is 6.49. The smallest absolute Gasteiger partial charge is 0.255 e. The normalized spacial score (nSPS) is 10.5. The highest BCUT2D eigenvalue weighted by atomic mass is 16.1. The zero-order chi connectivity index (χ0) is 14.8. The van der Waals surface area contributed by atoms with E-state index < -0.39 is 0 Å². The first kappa shape index (κ1) is 13.1. The maximum Gasteiger partial charge on any atom is 0.255 e. The number of Topliss-reactive ketones (excluding diaryl/α,β-unsaturated/α-hetero) is 1. The van der Waals surface area contributed by atoms with E-state index in [4.69, 9.17) is 0 Å². The average Bonchev–Trinajstić information content (AvgIpc) is 2.95. The van der Waals surface area contributed by atoms with Crippen LogP contribution in [0.2, 0.25) is 0 Å². The molecule has 0 saturated heterocycles. The Balaban J connectivity index is 1.80. The summed E-state index contributed by atoms with van der Waals surface area (Å²) in [7, 11) is 0. The molecule has 0 unspecified atom stereocenters. The number of anilines is 1. The van der Waals surface area contributed by atoms with Gasteiger partial charge in [0.25, 0.3) is 5.91 Å². The van der Waals surface area contributed by atoms with Crippen LogP contribution in [0.3, 0.4) is 0 Å². The number of rotatable bonds is 3. The van der Waals surface area contributed by atoms with E-state index in [1.165, 1.54) is 6.92 Å². The number of nitrogens with one attached hydrogen (secondary N) is 2. The molecule has 0 fully saturated rings. The van der Waals surface area contributed by atoms with Gasteiger partial charge in [0.05, 0.1) is 17.4 Å². The molecule has 0 spiro atoms. The van der Waals surface area contributed by atoms with Gasteiger partial charge in [0.2, 0.25) is 0 Å². The third kappa shape index (κ3) is 2.67. The molecule has 2 N–H and O–H groups in total. The molecule has 0 atom stereocenters. The number of fused-ring (bicyclic) bond motifs is 1. The third-order valence-electron chi connectivity index (χ3n) is 3.23. The van der Waals surface area contributed by atoms with Crippen LogP contribution >= 0.6 is 0 Å². The molecule has 21 heavy (non-hydrogen) atoms. The van der Waals surface area contributed by atoms with Crippen LogP contribution in [0.5, 0.6) is 0 Å². The number of H-pyrrole nitrogens is 1. The molecular formula is C16H13N3O2. The van der Waals surface area contributed by atoms with E-state index in [1.54, 1.807) is 48.8 Å².